The monoisotopic (exact) mass is 1860 g/mol. The summed E-state index contributed by atoms with van der Waals surface area (Å²) in [7, 11) is 0. The summed E-state index contributed by atoms with van der Waals surface area (Å²) in [5.74, 6) is 4.40. The van der Waals surface area contributed by atoms with E-state index in [1.807, 2.05) is 140 Å². The number of rotatable bonds is 13. The number of benzene rings is 19. The Bertz CT molecular complexity index is 10100. The van der Waals surface area contributed by atoms with Crippen LogP contribution in [-0.2, 0) is 0 Å². The van der Waals surface area contributed by atoms with E-state index in [1.165, 1.54) is 75.6 Å². The fourth-order valence-electron chi connectivity index (χ4n) is 21.5. The van der Waals surface area contributed by atoms with Crippen molar-refractivity contribution >= 4 is 157 Å². The number of aromatic nitrogens is 14. The molecule has 0 unspecified atom stereocenters. The number of hydrogen-bond acceptors (Lipinski definition) is 10. The molecule has 0 aliphatic carbocycles. The standard InChI is InChI=1S/C57H34N6.C39H25N5.C33H21N3S/c1-3-15-35(16-4-1)55-58-56(36-17-5-2-6-18-36)60-57(59-55)63-50-28-12-9-23-42(50)46-31-30-45-41-22-7-10-26-48(41)61(53(45)54(46)63)39-20-13-19-37(33-39)38-29-32-51-47(34-38)44-25-14-24-43-40-21-8-11-27-49(40)62(51)52(43)44;1-4-14-26(15-5-1)37-40-38(27-16-6-2-7-17-27)42-39(41-37)44-34-23-13-11-21-30(34)32-25-24-31-29-20-10-12-22-33(29)43(35(31)36(32)44)28-18-8-3-9-19-28;1-3-10-22(11-4-1)23-17-19-24(20-18-23)29-32-30(36-33(35-29)25-12-5-2-6-13-25)27-15-9-14-26(31(27)37-32)28-16-7-8-21-34-28/h1-34H;1-25H;1-21H. The highest BCUT2D eigenvalue weighted by atomic mass is 32.1. The average Bonchev–Trinajstić information content (AvgIpc) is 1.55. The molecule has 30 rings (SSSR count). The highest BCUT2D eigenvalue weighted by molar-refractivity contribution is 7.26. The van der Waals surface area contributed by atoms with Crippen molar-refractivity contribution in [3.05, 3.63) is 485 Å². The van der Waals surface area contributed by atoms with E-state index in [0.29, 0.717) is 35.2 Å². The molecule has 0 saturated carbocycles. The molecule has 19 aromatic carbocycles. The van der Waals surface area contributed by atoms with E-state index in [2.05, 4.69) is 373 Å². The van der Waals surface area contributed by atoms with Gasteiger partial charge in [0.2, 0.25) is 11.9 Å². The number of nitrogens with zero attached hydrogens (tertiary/aromatic N) is 14. The Morgan fingerprint density at radius 3 is 0.986 bits per heavy atom. The zero-order valence-electron chi connectivity index (χ0n) is 77.4. The fourth-order valence-corrected chi connectivity index (χ4v) is 22.8. The van der Waals surface area contributed by atoms with Crippen molar-refractivity contribution in [2.75, 3.05) is 0 Å². The average molecular weight is 1860 g/mol. The van der Waals surface area contributed by atoms with Gasteiger partial charge >= 0.3 is 0 Å². The van der Waals surface area contributed by atoms with Gasteiger partial charge in [0.15, 0.2) is 29.1 Å². The van der Waals surface area contributed by atoms with Crippen molar-refractivity contribution in [1.29, 1.82) is 0 Å². The van der Waals surface area contributed by atoms with E-state index < -0.39 is 0 Å². The number of hydrogen-bond donors (Lipinski definition) is 0. The summed E-state index contributed by atoms with van der Waals surface area (Å²) < 4.78 is 14.0. The highest BCUT2D eigenvalue weighted by Crippen LogP contribution is 2.49. The summed E-state index contributed by atoms with van der Waals surface area (Å²) in [5, 5.41) is 15.5. The van der Waals surface area contributed by atoms with Crippen molar-refractivity contribution in [1.82, 2.24) is 67.5 Å². The minimum atomic E-state index is 0.568. The SMILES string of the molecule is c1ccc(-c2ccc(-c3nc(-c4ccccc4)nc4c3sc3c(-c5ccccn5)cccc34)cc2)cc1.c1ccc(-c2nc(-c3ccccc3)nc(-n3c4ccccc4c4ccc5c6ccccc6n(-c6cccc(-c7ccc8c(c7)c7cccc9c%10ccccc%10n8c97)c6)c5c43)n2)cc1.c1ccc(-c2nc(-c3ccccc3)nc(-n3c4ccccc4c4ccc5c6ccccc6n(-c6ccccc6)c5c43)n2)cc1. The maximum absolute atomic E-state index is 5.29. The molecule has 0 radical (unpaired) electrons. The Morgan fingerprint density at radius 2 is 0.507 bits per heavy atom. The van der Waals surface area contributed by atoms with Crippen LogP contribution in [0.3, 0.4) is 0 Å². The second kappa shape index (κ2) is 34.4. The molecule has 11 aromatic heterocycles. The van der Waals surface area contributed by atoms with Crippen LogP contribution in [0.4, 0.5) is 0 Å². The number of fused-ring (bicyclic) bond motifs is 23. The van der Waals surface area contributed by atoms with Crippen LogP contribution in [-0.4, -0.2) is 67.5 Å². The zero-order valence-corrected chi connectivity index (χ0v) is 78.2. The van der Waals surface area contributed by atoms with E-state index in [-0.39, 0.29) is 0 Å². The van der Waals surface area contributed by atoms with Crippen LogP contribution in [0, 0.1) is 0 Å². The van der Waals surface area contributed by atoms with Crippen molar-refractivity contribution < 1.29 is 0 Å². The minimum Gasteiger partial charge on any atom is -0.308 e. The summed E-state index contributed by atoms with van der Waals surface area (Å²) in [4.78, 5) is 45.8. The number of para-hydroxylation sites is 7. The van der Waals surface area contributed by atoms with Gasteiger partial charge in [0, 0.05) is 131 Å². The largest absolute Gasteiger partial charge is 0.308 e. The van der Waals surface area contributed by atoms with E-state index in [0.717, 1.165) is 160 Å². The summed E-state index contributed by atoms with van der Waals surface area (Å²) in [6.07, 6.45) is 1.84. The van der Waals surface area contributed by atoms with Gasteiger partial charge in [-0.05, 0) is 101 Å². The lowest BCUT2D eigenvalue weighted by Crippen LogP contribution is -2.07. The topological polar surface area (TPSA) is 140 Å². The summed E-state index contributed by atoms with van der Waals surface area (Å²) in [5.41, 5.74) is 29.2. The van der Waals surface area contributed by atoms with E-state index >= 15 is 0 Å². The van der Waals surface area contributed by atoms with Crippen LogP contribution in [0.2, 0.25) is 0 Å². The zero-order chi connectivity index (χ0) is 94.8. The maximum atomic E-state index is 5.29. The lowest BCUT2D eigenvalue weighted by molar-refractivity contribution is 0.953. The van der Waals surface area contributed by atoms with E-state index in [4.69, 9.17) is 39.9 Å². The third kappa shape index (κ3) is 13.8. The van der Waals surface area contributed by atoms with Crippen molar-refractivity contribution in [2.45, 2.75) is 0 Å². The molecule has 0 aliphatic rings. The quantitative estimate of drug-likeness (QED) is 0.110. The van der Waals surface area contributed by atoms with E-state index in [1.54, 1.807) is 11.3 Å². The van der Waals surface area contributed by atoms with Gasteiger partial charge in [0.05, 0.1) is 82.3 Å². The van der Waals surface area contributed by atoms with E-state index in [9.17, 15) is 0 Å². The predicted octanol–water partition coefficient (Wildman–Crippen LogP) is 32.5. The lowest BCUT2D eigenvalue weighted by atomic mass is 10.0. The van der Waals surface area contributed by atoms with Gasteiger partial charge in [-0.3, -0.25) is 14.1 Å². The smallest absolute Gasteiger partial charge is 0.238 e. The van der Waals surface area contributed by atoms with Gasteiger partial charge in [0.1, 0.15) is 0 Å². The third-order valence-electron chi connectivity index (χ3n) is 28.0. The lowest BCUT2D eigenvalue weighted by Gasteiger charge is -2.14. The molecule has 0 atom stereocenters. The molecule has 0 bridgehead atoms. The Labute approximate surface area is 829 Å². The normalized spacial score (nSPS) is 11.8. The molecule has 30 aromatic rings. The van der Waals surface area contributed by atoms with Crippen LogP contribution < -0.4 is 0 Å². The first-order valence-corrected chi connectivity index (χ1v) is 49.1. The molecule has 0 fully saturated rings. The maximum Gasteiger partial charge on any atom is 0.238 e. The third-order valence-corrected chi connectivity index (χ3v) is 29.2. The van der Waals surface area contributed by atoms with Gasteiger partial charge in [-0.25, -0.2) is 19.9 Å². The fraction of sp³-hybridized carbons (Fsp3) is 0. The van der Waals surface area contributed by atoms with Gasteiger partial charge < -0.3 is 13.5 Å². The first kappa shape index (κ1) is 82.9. The Balaban J connectivity index is 0.000000110. The van der Waals surface area contributed by atoms with Crippen molar-refractivity contribution in [3.63, 3.8) is 0 Å². The summed E-state index contributed by atoms with van der Waals surface area (Å²) >= 11 is 1.74. The van der Waals surface area contributed by atoms with Crippen LogP contribution in [0.1, 0.15) is 0 Å². The molecule has 144 heavy (non-hydrogen) atoms. The molecule has 0 amide bonds. The second-order valence-electron chi connectivity index (χ2n) is 36.2. The molecule has 672 valence electrons. The number of thiophene rings is 1. The molecule has 0 saturated heterocycles. The minimum absolute atomic E-state index is 0.568. The summed E-state index contributed by atoms with van der Waals surface area (Å²) in [6.45, 7) is 0. The molecule has 14 nitrogen and oxygen atoms in total. The second-order valence-corrected chi connectivity index (χ2v) is 37.2. The molecule has 15 heteroatoms. The first-order valence-electron chi connectivity index (χ1n) is 48.3. The summed E-state index contributed by atoms with van der Waals surface area (Å²) in [6, 6.07) is 168. The predicted molar refractivity (Wildman–Crippen MR) is 593 cm³/mol. The first-order chi connectivity index (χ1) is 71.5. The molecule has 0 aliphatic heterocycles. The Morgan fingerprint density at radius 1 is 0.181 bits per heavy atom. The van der Waals surface area contributed by atoms with Crippen LogP contribution >= 0.6 is 11.3 Å². The Kier molecular flexibility index (Phi) is 19.8. The van der Waals surface area contributed by atoms with Crippen molar-refractivity contribution in [3.8, 4) is 125 Å². The highest BCUT2D eigenvalue weighted by Gasteiger charge is 2.29. The van der Waals surface area contributed by atoms with Crippen molar-refractivity contribution in [2.24, 2.45) is 0 Å². The molecule has 11 heterocycles. The molecular formula is C129H80N14S. The van der Waals surface area contributed by atoms with Gasteiger partial charge in [-0.15, -0.1) is 11.3 Å². The molecule has 0 spiro atoms. The molecular weight excluding hydrogens is 1780 g/mol. The van der Waals surface area contributed by atoms with Crippen LogP contribution in [0.25, 0.3) is 271 Å². The van der Waals surface area contributed by atoms with Gasteiger partial charge in [0.25, 0.3) is 0 Å². The number of pyridine rings is 1. The van der Waals surface area contributed by atoms with Gasteiger partial charge in [-0.2, -0.15) is 19.9 Å². The molecule has 0 N–H and O–H groups in total. The van der Waals surface area contributed by atoms with Crippen LogP contribution in [0.15, 0.2) is 485 Å². The van der Waals surface area contributed by atoms with Gasteiger partial charge in [-0.1, -0.05) is 400 Å². The van der Waals surface area contributed by atoms with Crippen LogP contribution in [0.5, 0.6) is 0 Å². The Hall–Kier alpha value is -19.4.